The minimum absolute atomic E-state index is 0.636. The molecule has 0 saturated heterocycles. The molecule has 0 aromatic carbocycles. The minimum atomic E-state index is 0.636. The van der Waals surface area contributed by atoms with Gasteiger partial charge in [-0.05, 0) is 24.8 Å². The second-order valence-corrected chi connectivity index (χ2v) is 4.30. The van der Waals surface area contributed by atoms with Gasteiger partial charge in [0.1, 0.15) is 0 Å². The molecule has 0 aromatic heterocycles. The molecule has 0 saturated carbocycles. The van der Waals surface area contributed by atoms with E-state index in [1.165, 1.54) is 19.3 Å². The molecule has 106 valence electrons. The highest BCUT2D eigenvalue weighted by atomic mass is 16.5. The van der Waals surface area contributed by atoms with Crippen LogP contribution in [0.25, 0.3) is 10.4 Å². The van der Waals surface area contributed by atoms with E-state index in [-0.39, 0.29) is 0 Å². The van der Waals surface area contributed by atoms with Crippen molar-refractivity contribution in [1.29, 1.82) is 0 Å². The number of rotatable bonds is 14. The van der Waals surface area contributed by atoms with E-state index in [9.17, 15) is 0 Å². The highest BCUT2D eigenvalue weighted by molar-refractivity contribution is 4.49. The molecule has 5 nitrogen and oxygen atoms in total. The molecule has 0 bridgehead atoms. The molecule has 0 rings (SSSR count). The van der Waals surface area contributed by atoms with Crippen molar-refractivity contribution in [3.8, 4) is 0 Å². The molecule has 0 aliphatic carbocycles. The molecule has 0 atom stereocenters. The van der Waals surface area contributed by atoms with E-state index in [0.29, 0.717) is 19.8 Å². The van der Waals surface area contributed by atoms with Crippen molar-refractivity contribution in [3.63, 3.8) is 0 Å². The van der Waals surface area contributed by atoms with Crippen molar-refractivity contribution in [2.45, 2.75) is 51.9 Å². The zero-order chi connectivity index (χ0) is 13.3. The third-order valence-electron chi connectivity index (χ3n) is 2.58. The van der Waals surface area contributed by atoms with Gasteiger partial charge in [0.05, 0.1) is 13.2 Å². The van der Waals surface area contributed by atoms with Gasteiger partial charge in [-0.1, -0.05) is 37.7 Å². The molecule has 18 heavy (non-hydrogen) atoms. The summed E-state index contributed by atoms with van der Waals surface area (Å²) in [6.07, 6.45) is 8.05. The lowest BCUT2D eigenvalue weighted by Crippen LogP contribution is -2.05. The molecule has 0 spiro atoms. The van der Waals surface area contributed by atoms with Gasteiger partial charge in [-0.15, -0.1) is 0 Å². The first kappa shape index (κ1) is 17.2. The average Bonchev–Trinajstić information content (AvgIpc) is 2.39. The maximum absolute atomic E-state index is 8.09. The van der Waals surface area contributed by atoms with Gasteiger partial charge in [-0.25, -0.2) is 0 Å². The van der Waals surface area contributed by atoms with Crippen LogP contribution in [0, 0.1) is 0 Å². The highest BCUT2D eigenvalue weighted by Gasteiger charge is 1.92. The van der Waals surface area contributed by atoms with Crippen LogP contribution in [-0.2, 0) is 9.47 Å². The molecular formula is C13H27N3O2. The molecule has 0 unspecified atom stereocenters. The van der Waals surface area contributed by atoms with Gasteiger partial charge in [0.15, 0.2) is 0 Å². The average molecular weight is 257 g/mol. The van der Waals surface area contributed by atoms with Crippen molar-refractivity contribution in [1.82, 2.24) is 0 Å². The molecule has 0 N–H and O–H groups in total. The first-order chi connectivity index (χ1) is 8.91. The number of unbranched alkanes of at least 4 members (excludes halogenated alkanes) is 5. The number of hydrogen-bond donors (Lipinski definition) is 0. The molecule has 0 aliphatic rings. The lowest BCUT2D eigenvalue weighted by molar-refractivity contribution is 0.0465. The summed E-state index contributed by atoms with van der Waals surface area (Å²) in [6, 6.07) is 0. The Bertz CT molecular complexity index is 206. The third kappa shape index (κ3) is 15.2. The fraction of sp³-hybridized carbons (Fsp3) is 1.00. The summed E-state index contributed by atoms with van der Waals surface area (Å²) in [6.45, 7) is 5.84. The Morgan fingerprint density at radius 3 is 2.11 bits per heavy atom. The maximum atomic E-state index is 8.09. The van der Waals surface area contributed by atoms with E-state index in [2.05, 4.69) is 16.9 Å². The number of azide groups is 1. The van der Waals surface area contributed by atoms with Crippen LogP contribution in [0.1, 0.15) is 51.9 Å². The topological polar surface area (TPSA) is 67.2 Å². The Morgan fingerprint density at radius 2 is 1.44 bits per heavy atom. The van der Waals surface area contributed by atoms with Crippen molar-refractivity contribution in [2.75, 3.05) is 33.0 Å². The van der Waals surface area contributed by atoms with Crippen LogP contribution in [0.15, 0.2) is 5.11 Å². The van der Waals surface area contributed by atoms with Crippen molar-refractivity contribution >= 4 is 0 Å². The minimum Gasteiger partial charge on any atom is -0.379 e. The van der Waals surface area contributed by atoms with Gasteiger partial charge in [0, 0.05) is 24.7 Å². The monoisotopic (exact) mass is 257 g/mol. The highest BCUT2D eigenvalue weighted by Crippen LogP contribution is 2.05. The van der Waals surface area contributed by atoms with E-state index in [1.807, 2.05) is 0 Å². The molecule has 0 heterocycles. The summed E-state index contributed by atoms with van der Waals surface area (Å²) in [4.78, 5) is 2.73. The smallest absolute Gasteiger partial charge is 0.0700 e. The largest absolute Gasteiger partial charge is 0.379 e. The van der Waals surface area contributed by atoms with E-state index >= 15 is 0 Å². The number of ether oxygens (including phenoxy) is 2. The summed E-state index contributed by atoms with van der Waals surface area (Å²) in [5, 5.41) is 3.51. The summed E-state index contributed by atoms with van der Waals surface area (Å²) in [7, 11) is 0. The van der Waals surface area contributed by atoms with Crippen LogP contribution in [0.3, 0.4) is 0 Å². The first-order valence-corrected chi connectivity index (χ1v) is 7.08. The van der Waals surface area contributed by atoms with Crippen LogP contribution in [0.2, 0.25) is 0 Å². The lowest BCUT2D eigenvalue weighted by Gasteiger charge is -2.05. The van der Waals surface area contributed by atoms with Crippen LogP contribution in [0.4, 0.5) is 0 Å². The normalized spacial score (nSPS) is 10.3. The Labute approximate surface area is 110 Å². The summed E-state index contributed by atoms with van der Waals surface area (Å²) >= 11 is 0. The van der Waals surface area contributed by atoms with Crippen LogP contribution >= 0.6 is 0 Å². The van der Waals surface area contributed by atoms with Gasteiger partial charge >= 0.3 is 0 Å². The van der Waals surface area contributed by atoms with E-state index in [1.54, 1.807) is 0 Å². The fourth-order valence-corrected chi connectivity index (χ4v) is 1.60. The molecule has 0 amide bonds. The van der Waals surface area contributed by atoms with Crippen molar-refractivity contribution in [3.05, 3.63) is 10.4 Å². The standard InChI is InChI=1S/C13H27N3O2/c1-2-10-17-12-13-18-11-8-6-4-3-5-7-9-15-16-14/h2-13H2,1H3. The first-order valence-electron chi connectivity index (χ1n) is 7.08. The van der Waals surface area contributed by atoms with Gasteiger partial charge in [-0.2, -0.15) is 0 Å². The Morgan fingerprint density at radius 1 is 0.833 bits per heavy atom. The molecule has 0 aliphatic heterocycles. The maximum Gasteiger partial charge on any atom is 0.0700 e. The number of hydrogen-bond acceptors (Lipinski definition) is 3. The van der Waals surface area contributed by atoms with Crippen LogP contribution in [0.5, 0.6) is 0 Å². The molecular weight excluding hydrogens is 230 g/mol. The zero-order valence-corrected chi connectivity index (χ0v) is 11.6. The van der Waals surface area contributed by atoms with E-state index in [4.69, 9.17) is 15.0 Å². The number of nitrogens with zero attached hydrogens (tertiary/aromatic N) is 3. The predicted molar refractivity (Wildman–Crippen MR) is 73.6 cm³/mol. The molecule has 0 aromatic rings. The SMILES string of the molecule is CCCOCCOCCCCCCCCN=[N+]=[N-]. The molecule has 5 heteroatoms. The van der Waals surface area contributed by atoms with Gasteiger partial charge in [-0.3, -0.25) is 0 Å². The summed E-state index contributed by atoms with van der Waals surface area (Å²) in [5.74, 6) is 0. The van der Waals surface area contributed by atoms with Crippen LogP contribution < -0.4 is 0 Å². The quantitative estimate of drug-likeness (QED) is 0.204. The predicted octanol–water partition coefficient (Wildman–Crippen LogP) is 4.08. The third-order valence-corrected chi connectivity index (χ3v) is 2.58. The summed E-state index contributed by atoms with van der Waals surface area (Å²) < 4.78 is 10.8. The second kappa shape index (κ2) is 16.2. The van der Waals surface area contributed by atoms with Crippen molar-refractivity contribution < 1.29 is 9.47 Å². The fourth-order valence-electron chi connectivity index (χ4n) is 1.60. The Hall–Kier alpha value is -0.770. The zero-order valence-electron chi connectivity index (χ0n) is 11.6. The van der Waals surface area contributed by atoms with E-state index < -0.39 is 0 Å². The Balaban J connectivity index is 2.92. The van der Waals surface area contributed by atoms with Gasteiger partial charge in [0.25, 0.3) is 0 Å². The molecule has 0 fully saturated rings. The second-order valence-electron chi connectivity index (χ2n) is 4.30. The van der Waals surface area contributed by atoms with Crippen molar-refractivity contribution in [2.24, 2.45) is 5.11 Å². The van der Waals surface area contributed by atoms with Gasteiger partial charge in [0.2, 0.25) is 0 Å². The molecule has 0 radical (unpaired) electrons. The lowest BCUT2D eigenvalue weighted by atomic mass is 10.1. The summed E-state index contributed by atoms with van der Waals surface area (Å²) in [5.41, 5.74) is 8.09. The Kier molecular flexibility index (Phi) is 15.5. The van der Waals surface area contributed by atoms with Crippen LogP contribution in [-0.4, -0.2) is 33.0 Å². The van der Waals surface area contributed by atoms with E-state index in [0.717, 1.165) is 38.9 Å². The van der Waals surface area contributed by atoms with Gasteiger partial charge < -0.3 is 9.47 Å².